The van der Waals surface area contributed by atoms with Crippen LogP contribution in [0.3, 0.4) is 0 Å². The van der Waals surface area contributed by atoms with Crippen molar-refractivity contribution in [3.05, 3.63) is 47.6 Å². The Bertz CT molecular complexity index is 1340. The predicted octanol–water partition coefficient (Wildman–Crippen LogP) is 2.19. The van der Waals surface area contributed by atoms with Gasteiger partial charge in [-0.1, -0.05) is 37.6 Å². The number of rotatable bonds is 7. The van der Waals surface area contributed by atoms with Gasteiger partial charge in [0.25, 0.3) is 0 Å². The summed E-state index contributed by atoms with van der Waals surface area (Å²) in [5.41, 5.74) is -2.72. The zero-order valence-electron chi connectivity index (χ0n) is 25.0. The van der Waals surface area contributed by atoms with Gasteiger partial charge < -0.3 is 39.4 Å². The van der Waals surface area contributed by atoms with Crippen LogP contribution < -0.4 is 0 Å². The van der Waals surface area contributed by atoms with Crippen molar-refractivity contribution in [1.82, 2.24) is 0 Å². The summed E-state index contributed by atoms with van der Waals surface area (Å²) < 4.78 is 23.5. The molecule has 1 spiro atoms. The topological polar surface area (TPSA) is 169 Å². The minimum atomic E-state index is -1.67. The lowest BCUT2D eigenvalue weighted by Crippen LogP contribution is -2.65. The lowest BCUT2D eigenvalue weighted by molar-refractivity contribution is -0.332. The molecule has 5 rings (SSSR count). The van der Waals surface area contributed by atoms with Gasteiger partial charge in [-0.3, -0.25) is 9.59 Å². The van der Waals surface area contributed by atoms with Gasteiger partial charge in [-0.25, -0.2) is 4.79 Å². The third-order valence-electron chi connectivity index (χ3n) is 9.62. The maximum Gasteiger partial charge on any atom is 0.331 e. The van der Waals surface area contributed by atoms with E-state index in [1.807, 2.05) is 13.0 Å². The molecule has 4 aliphatic rings. The number of hydrogen-bond acceptors (Lipinski definition) is 11. The monoisotopic (exact) mass is 600 g/mol. The normalized spacial score (nSPS) is 37.6. The molecule has 3 fully saturated rings. The molecule has 0 radical (unpaired) electrons. The molecule has 8 atom stereocenters. The highest BCUT2D eigenvalue weighted by Gasteiger charge is 2.74. The lowest BCUT2D eigenvalue weighted by Gasteiger charge is -2.52. The number of phenolic OH excluding ortho intramolecular Hbond substituents is 1. The highest BCUT2D eigenvalue weighted by atomic mass is 16.7. The fourth-order valence-electron chi connectivity index (χ4n) is 7.45. The molecule has 1 aliphatic heterocycles. The van der Waals surface area contributed by atoms with Crippen molar-refractivity contribution in [3.63, 3.8) is 0 Å². The number of aliphatic hydroxyl groups excluding tert-OH is 2. The number of phenols is 1. The predicted molar refractivity (Wildman–Crippen MR) is 151 cm³/mol. The average Bonchev–Trinajstić information content (AvgIpc) is 3.70. The number of carbonyl (C=O) groups excluding carboxylic acids is 3. The molecule has 3 aliphatic carbocycles. The van der Waals surface area contributed by atoms with Crippen LogP contribution in [0.1, 0.15) is 59.4 Å². The second-order valence-corrected chi connectivity index (χ2v) is 13.1. The summed E-state index contributed by atoms with van der Waals surface area (Å²) >= 11 is 0. The first-order valence-electron chi connectivity index (χ1n) is 14.5. The average molecular weight is 601 g/mol. The Kier molecular flexibility index (Phi) is 7.88. The van der Waals surface area contributed by atoms with E-state index in [9.17, 15) is 34.8 Å². The zero-order valence-corrected chi connectivity index (χ0v) is 25.0. The molecule has 43 heavy (non-hydrogen) atoms. The number of ketones is 1. The summed E-state index contributed by atoms with van der Waals surface area (Å²) in [6.07, 6.45) is -1.28. The molecule has 1 aromatic carbocycles. The van der Waals surface area contributed by atoms with Crippen molar-refractivity contribution in [3.8, 4) is 5.75 Å². The second-order valence-electron chi connectivity index (χ2n) is 13.1. The van der Waals surface area contributed by atoms with Crippen LogP contribution in [0, 0.1) is 16.7 Å². The summed E-state index contributed by atoms with van der Waals surface area (Å²) in [7, 11) is 0. The van der Waals surface area contributed by atoms with Gasteiger partial charge in [-0.05, 0) is 56.9 Å². The zero-order chi connectivity index (χ0) is 31.5. The first-order chi connectivity index (χ1) is 20.1. The Hall–Kier alpha value is -3.09. The largest absolute Gasteiger partial charge is 0.508 e. The Morgan fingerprint density at radius 3 is 2.33 bits per heavy atom. The molecule has 0 unspecified atom stereocenters. The molecule has 11 nitrogen and oxygen atoms in total. The van der Waals surface area contributed by atoms with Crippen molar-refractivity contribution >= 4 is 23.8 Å². The van der Waals surface area contributed by atoms with E-state index in [0.29, 0.717) is 5.56 Å². The molecule has 1 aromatic rings. The summed E-state index contributed by atoms with van der Waals surface area (Å²) in [6.45, 7) is 7.59. The number of Topliss-reactive ketones (excluding diaryl/α,β-unsaturated/α-hetero) is 1. The summed E-state index contributed by atoms with van der Waals surface area (Å²) in [4.78, 5) is 38.6. The van der Waals surface area contributed by atoms with Gasteiger partial charge in [0.2, 0.25) is 0 Å². The van der Waals surface area contributed by atoms with Gasteiger partial charge >= 0.3 is 11.9 Å². The lowest BCUT2D eigenvalue weighted by atomic mass is 9.61. The molecule has 11 heteroatoms. The second kappa shape index (κ2) is 10.8. The van der Waals surface area contributed by atoms with Crippen LogP contribution >= 0.6 is 0 Å². The molecule has 2 saturated carbocycles. The highest BCUT2D eigenvalue weighted by molar-refractivity contribution is 5.92. The summed E-state index contributed by atoms with van der Waals surface area (Å²) in [5, 5.41) is 42.9. The van der Waals surface area contributed by atoms with Crippen LogP contribution in [0.2, 0.25) is 0 Å². The number of hydrogen-bond donors (Lipinski definition) is 4. The van der Waals surface area contributed by atoms with Crippen molar-refractivity contribution in [1.29, 1.82) is 0 Å². The Morgan fingerprint density at radius 2 is 1.74 bits per heavy atom. The molecule has 1 saturated heterocycles. The number of ether oxygens (including phenoxy) is 4. The van der Waals surface area contributed by atoms with E-state index in [1.165, 1.54) is 18.2 Å². The minimum absolute atomic E-state index is 0.0622. The van der Waals surface area contributed by atoms with Crippen LogP contribution in [0.15, 0.2) is 42.0 Å². The van der Waals surface area contributed by atoms with Crippen molar-refractivity contribution in [2.24, 2.45) is 16.7 Å². The molecular formula is C32H40O11. The van der Waals surface area contributed by atoms with Crippen LogP contribution in [0.4, 0.5) is 0 Å². The first kappa shape index (κ1) is 31.3. The molecule has 0 aromatic heterocycles. The van der Waals surface area contributed by atoms with Crippen LogP contribution in [0.25, 0.3) is 6.08 Å². The summed E-state index contributed by atoms with van der Waals surface area (Å²) in [6, 6.07) is 6.06. The molecule has 0 bridgehead atoms. The maximum atomic E-state index is 13.8. The molecule has 1 heterocycles. The van der Waals surface area contributed by atoms with Crippen molar-refractivity contribution < 1.29 is 53.8 Å². The highest BCUT2D eigenvalue weighted by Crippen LogP contribution is 2.69. The van der Waals surface area contributed by atoms with Crippen LogP contribution in [0.5, 0.6) is 5.75 Å². The van der Waals surface area contributed by atoms with Gasteiger partial charge in [-0.2, -0.15) is 0 Å². The van der Waals surface area contributed by atoms with Crippen molar-refractivity contribution in [2.75, 3.05) is 6.61 Å². The van der Waals surface area contributed by atoms with Gasteiger partial charge in [0.1, 0.15) is 29.3 Å². The fraction of sp³-hybridized carbons (Fsp3) is 0.594. The number of carbonyl (C=O) groups is 3. The van der Waals surface area contributed by atoms with E-state index in [-0.39, 0.29) is 18.0 Å². The van der Waals surface area contributed by atoms with Gasteiger partial charge in [0.15, 0.2) is 18.5 Å². The number of aromatic hydroxyl groups is 1. The number of benzene rings is 1. The Labute approximate surface area is 250 Å². The van der Waals surface area contributed by atoms with E-state index >= 15 is 0 Å². The van der Waals surface area contributed by atoms with Gasteiger partial charge in [0, 0.05) is 23.8 Å². The number of fused-ring (bicyclic) bond motifs is 1. The minimum Gasteiger partial charge on any atom is -0.508 e. The maximum absolute atomic E-state index is 13.8. The molecule has 234 valence electrons. The van der Waals surface area contributed by atoms with Crippen LogP contribution in [-0.2, 0) is 33.3 Å². The fourth-order valence-corrected chi connectivity index (χ4v) is 7.45. The van der Waals surface area contributed by atoms with E-state index < -0.39 is 77.2 Å². The summed E-state index contributed by atoms with van der Waals surface area (Å²) in [5.74, 6) is -2.70. The Balaban J connectivity index is 1.44. The smallest absolute Gasteiger partial charge is 0.331 e. The third kappa shape index (κ3) is 5.31. The quantitative estimate of drug-likeness (QED) is 0.206. The van der Waals surface area contributed by atoms with Gasteiger partial charge in [-0.15, -0.1) is 0 Å². The van der Waals surface area contributed by atoms with Crippen LogP contribution in [-0.4, -0.2) is 86.7 Å². The number of aliphatic hydroxyl groups is 3. The molecule has 4 N–H and O–H groups in total. The first-order valence-corrected chi connectivity index (χ1v) is 14.5. The SMILES string of the molecule is CC(=O)O[C@H]1[C@H](O[C@]23C=C(C)C4(CC4)[C@](C)(O)[C@H]2C(=O)C(C)(C)C3)O[C@H](CO)[C@@H](OC(=O)/C=C\c2ccc(O)cc2)[C@@H]1O. The molecule has 0 amide bonds. The van der Waals surface area contributed by atoms with Crippen molar-refractivity contribution in [2.45, 2.75) is 95.8 Å². The van der Waals surface area contributed by atoms with E-state index in [1.54, 1.807) is 32.9 Å². The van der Waals surface area contributed by atoms with E-state index in [2.05, 4.69) is 0 Å². The molecular weight excluding hydrogens is 560 g/mol. The van der Waals surface area contributed by atoms with E-state index in [4.69, 9.17) is 18.9 Å². The van der Waals surface area contributed by atoms with Gasteiger partial charge in [0.05, 0.1) is 18.1 Å². The standard InChI is InChI=1S/C32H40O11/c1-17-14-32(16-29(3,4)27(38)26(32)30(5,39)31(17)12-13-31)43-28-25(40-18(2)34)23(37)24(21(15-33)41-28)42-22(36)11-8-19-6-9-20(35)10-7-19/h6-11,14,21,23-26,28,33,35,37,39H,12-13,15-16H2,1-5H3/b11-8-/t21-,23+,24-,25-,26-,28+,30-,32+/m1/s1. The Morgan fingerprint density at radius 1 is 1.09 bits per heavy atom. The van der Waals surface area contributed by atoms with E-state index in [0.717, 1.165) is 31.4 Å². The third-order valence-corrected chi connectivity index (χ3v) is 9.62. The number of esters is 2.